The molecular formula is C11H15NO5. The Balaban J connectivity index is 2.40. The summed E-state index contributed by atoms with van der Waals surface area (Å²) in [5.41, 5.74) is 0. The summed E-state index contributed by atoms with van der Waals surface area (Å²) in [5.74, 6) is -1.04. The first-order valence-electron chi connectivity index (χ1n) is 5.23. The number of furan rings is 1. The lowest BCUT2D eigenvalue weighted by molar-refractivity contribution is -0.144. The zero-order valence-electron chi connectivity index (χ0n) is 9.42. The van der Waals surface area contributed by atoms with Gasteiger partial charge in [-0.15, -0.1) is 0 Å². The van der Waals surface area contributed by atoms with Crippen LogP contribution in [0.25, 0.3) is 0 Å². The van der Waals surface area contributed by atoms with Crippen LogP contribution in [0.5, 0.6) is 0 Å². The lowest BCUT2D eigenvalue weighted by Gasteiger charge is -2.16. The van der Waals surface area contributed by atoms with Crippen molar-refractivity contribution < 1.29 is 24.2 Å². The molecule has 1 rings (SSSR count). The van der Waals surface area contributed by atoms with Gasteiger partial charge in [-0.2, -0.15) is 0 Å². The summed E-state index contributed by atoms with van der Waals surface area (Å²) in [6.45, 7) is 1.31. The Morgan fingerprint density at radius 1 is 1.53 bits per heavy atom. The van der Waals surface area contributed by atoms with E-state index in [0.29, 0.717) is 12.2 Å². The van der Waals surface area contributed by atoms with E-state index >= 15 is 0 Å². The Hall–Kier alpha value is -1.82. The van der Waals surface area contributed by atoms with Crippen LogP contribution in [0.4, 0.5) is 0 Å². The summed E-state index contributed by atoms with van der Waals surface area (Å²) in [4.78, 5) is 22.1. The SMILES string of the molecule is CC(O)C(NC(=O)CCc1ccco1)C(=O)O. The zero-order chi connectivity index (χ0) is 12.8. The quantitative estimate of drug-likeness (QED) is 0.659. The maximum absolute atomic E-state index is 11.4. The second-order valence-electron chi connectivity index (χ2n) is 3.70. The number of aliphatic hydroxyl groups excluding tert-OH is 1. The molecule has 0 aliphatic rings. The van der Waals surface area contributed by atoms with Crippen molar-refractivity contribution >= 4 is 11.9 Å². The Kier molecular flexibility index (Phi) is 4.71. The van der Waals surface area contributed by atoms with Gasteiger partial charge in [0.05, 0.1) is 12.4 Å². The fourth-order valence-electron chi connectivity index (χ4n) is 1.33. The lowest BCUT2D eigenvalue weighted by atomic mass is 10.1. The highest BCUT2D eigenvalue weighted by Crippen LogP contribution is 2.04. The van der Waals surface area contributed by atoms with Crippen molar-refractivity contribution in [1.82, 2.24) is 5.32 Å². The number of hydrogen-bond acceptors (Lipinski definition) is 4. The molecule has 94 valence electrons. The van der Waals surface area contributed by atoms with Crippen molar-refractivity contribution in [2.75, 3.05) is 0 Å². The molecular weight excluding hydrogens is 226 g/mol. The molecule has 1 aromatic heterocycles. The molecule has 2 atom stereocenters. The van der Waals surface area contributed by atoms with Gasteiger partial charge in [0.1, 0.15) is 5.76 Å². The summed E-state index contributed by atoms with van der Waals surface area (Å²) in [6, 6.07) is 2.17. The fourth-order valence-corrected chi connectivity index (χ4v) is 1.33. The fraction of sp³-hybridized carbons (Fsp3) is 0.455. The Morgan fingerprint density at radius 3 is 2.71 bits per heavy atom. The van der Waals surface area contributed by atoms with Crippen LogP contribution in [0.3, 0.4) is 0 Å². The second-order valence-corrected chi connectivity index (χ2v) is 3.70. The molecule has 1 aromatic rings. The number of carbonyl (C=O) groups is 2. The van der Waals surface area contributed by atoms with E-state index in [9.17, 15) is 9.59 Å². The number of aliphatic hydroxyl groups is 1. The van der Waals surface area contributed by atoms with Crippen LogP contribution in [-0.2, 0) is 16.0 Å². The summed E-state index contributed by atoms with van der Waals surface area (Å²) >= 11 is 0. The van der Waals surface area contributed by atoms with Crippen LogP contribution < -0.4 is 5.32 Å². The minimum absolute atomic E-state index is 0.115. The van der Waals surface area contributed by atoms with Gasteiger partial charge in [0.2, 0.25) is 5.91 Å². The molecule has 2 unspecified atom stereocenters. The van der Waals surface area contributed by atoms with Crippen molar-refractivity contribution in [2.24, 2.45) is 0 Å². The molecule has 0 spiro atoms. The Bertz CT molecular complexity index is 371. The molecule has 0 radical (unpaired) electrons. The summed E-state index contributed by atoms with van der Waals surface area (Å²) in [7, 11) is 0. The highest BCUT2D eigenvalue weighted by Gasteiger charge is 2.24. The van der Waals surface area contributed by atoms with Crippen LogP contribution in [-0.4, -0.2) is 34.2 Å². The summed E-state index contributed by atoms with van der Waals surface area (Å²) < 4.78 is 5.04. The van der Waals surface area contributed by atoms with Gasteiger partial charge in [-0.05, 0) is 19.1 Å². The van der Waals surface area contributed by atoms with E-state index in [2.05, 4.69) is 5.32 Å². The van der Waals surface area contributed by atoms with Gasteiger partial charge in [-0.25, -0.2) is 4.79 Å². The molecule has 0 aliphatic carbocycles. The second kappa shape index (κ2) is 6.05. The largest absolute Gasteiger partial charge is 0.480 e. The van der Waals surface area contributed by atoms with Crippen LogP contribution in [0.1, 0.15) is 19.1 Å². The topological polar surface area (TPSA) is 99.8 Å². The third-order valence-electron chi connectivity index (χ3n) is 2.24. The van der Waals surface area contributed by atoms with Gasteiger partial charge >= 0.3 is 5.97 Å². The number of nitrogens with one attached hydrogen (secondary N) is 1. The minimum atomic E-state index is -1.28. The maximum Gasteiger partial charge on any atom is 0.328 e. The third kappa shape index (κ3) is 4.28. The normalized spacial score (nSPS) is 14.0. The summed E-state index contributed by atoms with van der Waals surface area (Å²) in [5, 5.41) is 20.2. The predicted octanol–water partition coefficient (Wildman–Crippen LogP) is 0.162. The maximum atomic E-state index is 11.4. The van der Waals surface area contributed by atoms with Crippen LogP contribution in [0.2, 0.25) is 0 Å². The monoisotopic (exact) mass is 241 g/mol. The number of hydrogen-bond donors (Lipinski definition) is 3. The van der Waals surface area contributed by atoms with Gasteiger partial charge in [0, 0.05) is 12.8 Å². The molecule has 3 N–H and O–H groups in total. The highest BCUT2D eigenvalue weighted by atomic mass is 16.4. The molecule has 0 saturated heterocycles. The van der Waals surface area contributed by atoms with Crippen molar-refractivity contribution in [1.29, 1.82) is 0 Å². The van der Waals surface area contributed by atoms with Gasteiger partial charge < -0.3 is 19.9 Å². The molecule has 1 amide bonds. The van der Waals surface area contributed by atoms with Gasteiger partial charge in [-0.1, -0.05) is 0 Å². The zero-order valence-corrected chi connectivity index (χ0v) is 9.42. The van der Waals surface area contributed by atoms with Crippen LogP contribution >= 0.6 is 0 Å². The Morgan fingerprint density at radius 2 is 2.24 bits per heavy atom. The molecule has 1 heterocycles. The van der Waals surface area contributed by atoms with Crippen LogP contribution in [0.15, 0.2) is 22.8 Å². The average Bonchev–Trinajstić information content (AvgIpc) is 2.74. The summed E-state index contributed by atoms with van der Waals surface area (Å²) in [6.07, 6.45) is 0.873. The van der Waals surface area contributed by atoms with Crippen molar-refractivity contribution in [2.45, 2.75) is 31.9 Å². The number of carboxylic acid groups (broad SMARTS) is 1. The van der Waals surface area contributed by atoms with E-state index in [1.165, 1.54) is 13.2 Å². The van der Waals surface area contributed by atoms with Crippen molar-refractivity contribution in [3.05, 3.63) is 24.2 Å². The predicted molar refractivity (Wildman–Crippen MR) is 58.3 cm³/mol. The first-order chi connectivity index (χ1) is 8.00. The molecule has 0 fully saturated rings. The molecule has 17 heavy (non-hydrogen) atoms. The highest BCUT2D eigenvalue weighted by molar-refractivity contribution is 5.83. The molecule has 0 bridgehead atoms. The minimum Gasteiger partial charge on any atom is -0.480 e. The number of amides is 1. The van der Waals surface area contributed by atoms with Crippen molar-refractivity contribution in [3.8, 4) is 0 Å². The number of carbonyl (C=O) groups excluding carboxylic acids is 1. The lowest BCUT2D eigenvalue weighted by Crippen LogP contribution is -2.47. The van der Waals surface area contributed by atoms with Gasteiger partial charge in [-0.3, -0.25) is 4.79 Å². The van der Waals surface area contributed by atoms with E-state index in [0.717, 1.165) is 0 Å². The van der Waals surface area contributed by atoms with E-state index in [1.54, 1.807) is 12.1 Å². The van der Waals surface area contributed by atoms with E-state index in [1.807, 2.05) is 0 Å². The van der Waals surface area contributed by atoms with E-state index in [-0.39, 0.29) is 6.42 Å². The van der Waals surface area contributed by atoms with E-state index in [4.69, 9.17) is 14.6 Å². The molecule has 0 aliphatic heterocycles. The number of carboxylic acids is 1. The molecule has 6 nitrogen and oxygen atoms in total. The first-order valence-corrected chi connectivity index (χ1v) is 5.23. The first kappa shape index (κ1) is 13.2. The third-order valence-corrected chi connectivity index (χ3v) is 2.24. The van der Waals surface area contributed by atoms with Gasteiger partial charge in [0.15, 0.2) is 6.04 Å². The van der Waals surface area contributed by atoms with E-state index < -0.39 is 24.0 Å². The smallest absolute Gasteiger partial charge is 0.328 e. The number of aliphatic carboxylic acids is 1. The molecule has 0 saturated carbocycles. The van der Waals surface area contributed by atoms with Gasteiger partial charge in [0.25, 0.3) is 0 Å². The standard InChI is InChI=1S/C11H15NO5/c1-7(13)10(11(15)16)12-9(14)5-4-8-3-2-6-17-8/h2-3,6-7,10,13H,4-5H2,1H3,(H,12,14)(H,15,16). The molecule has 6 heteroatoms. The number of rotatable bonds is 6. The average molecular weight is 241 g/mol. The number of aryl methyl sites for hydroxylation is 1. The Labute approximate surface area is 98.2 Å². The van der Waals surface area contributed by atoms with Crippen molar-refractivity contribution in [3.63, 3.8) is 0 Å². The van der Waals surface area contributed by atoms with Crippen LogP contribution in [0, 0.1) is 0 Å². The molecule has 0 aromatic carbocycles.